The molecular weight excluding hydrogens is 492 g/mol. The Morgan fingerprint density at radius 1 is 1.21 bits per heavy atom. The van der Waals surface area contributed by atoms with Crippen LogP contribution >= 0.6 is 34.7 Å². The SMILES string of the molecule is CCOC(=O)/C=C/c1ccc(C(c2ccsc2)n2[nH]c(=O)c(Sc3ccccc3Cl)c2[O-])cc1. The van der Waals surface area contributed by atoms with Crippen LogP contribution in [0.3, 0.4) is 0 Å². The van der Waals surface area contributed by atoms with Gasteiger partial charge in [-0.1, -0.05) is 59.8 Å². The van der Waals surface area contributed by atoms with Gasteiger partial charge in [0.1, 0.15) is 0 Å². The van der Waals surface area contributed by atoms with Crippen molar-refractivity contribution < 1.29 is 14.6 Å². The Kier molecular flexibility index (Phi) is 7.62. The minimum absolute atomic E-state index is 0.0577. The number of ether oxygens (including phenoxy) is 1. The molecule has 0 spiro atoms. The number of aromatic nitrogens is 2. The number of thiophene rings is 1. The molecule has 2 aromatic heterocycles. The first-order chi connectivity index (χ1) is 16.5. The summed E-state index contributed by atoms with van der Waals surface area (Å²) in [5.74, 6) is -0.829. The van der Waals surface area contributed by atoms with E-state index in [0.717, 1.165) is 28.5 Å². The van der Waals surface area contributed by atoms with Crippen molar-refractivity contribution in [3.63, 3.8) is 0 Å². The molecule has 0 amide bonds. The quantitative estimate of drug-likeness (QED) is 0.255. The van der Waals surface area contributed by atoms with E-state index in [4.69, 9.17) is 16.3 Å². The van der Waals surface area contributed by atoms with E-state index in [1.807, 2.05) is 41.1 Å². The van der Waals surface area contributed by atoms with Crippen molar-refractivity contribution in [2.45, 2.75) is 22.8 Å². The Bertz CT molecular complexity index is 1360. The van der Waals surface area contributed by atoms with Gasteiger partial charge in [0.05, 0.1) is 22.6 Å². The number of halogens is 1. The molecule has 0 fully saturated rings. The average molecular weight is 512 g/mol. The number of hydrogen-bond donors (Lipinski definition) is 1. The van der Waals surface area contributed by atoms with Gasteiger partial charge in [0.2, 0.25) is 0 Å². The van der Waals surface area contributed by atoms with E-state index in [1.165, 1.54) is 22.1 Å². The Balaban J connectivity index is 1.69. The molecule has 1 atom stereocenters. The molecule has 0 bridgehead atoms. The first kappa shape index (κ1) is 23.9. The van der Waals surface area contributed by atoms with Gasteiger partial charge in [-0.2, -0.15) is 11.3 Å². The summed E-state index contributed by atoms with van der Waals surface area (Å²) in [4.78, 5) is 25.0. The van der Waals surface area contributed by atoms with Gasteiger partial charge in [0.15, 0.2) is 0 Å². The fraction of sp³-hybridized carbons (Fsp3) is 0.120. The standard InChI is InChI=1S/C25H21ClN2O4S2/c1-2-32-21(29)12-9-16-7-10-17(11-8-16)22(18-13-14-33-15-18)28-25(31)23(24(30)27-28)34-20-6-4-3-5-19(20)26/h3-15,22,31H,2H2,1H3,(H,27,30)/p-1/b12-9+. The highest BCUT2D eigenvalue weighted by atomic mass is 35.5. The van der Waals surface area contributed by atoms with E-state index in [9.17, 15) is 14.7 Å². The highest BCUT2D eigenvalue weighted by Crippen LogP contribution is 2.37. The number of H-pyrrole nitrogens is 1. The fourth-order valence-electron chi connectivity index (χ4n) is 3.39. The lowest BCUT2D eigenvalue weighted by Crippen LogP contribution is -2.17. The molecule has 4 aromatic rings. The number of nitrogens with zero attached hydrogens (tertiary/aromatic N) is 1. The molecule has 6 nitrogen and oxygen atoms in total. The Morgan fingerprint density at radius 3 is 2.65 bits per heavy atom. The topological polar surface area (TPSA) is 87.2 Å². The molecule has 34 heavy (non-hydrogen) atoms. The first-order valence-corrected chi connectivity index (χ1v) is 12.5. The van der Waals surface area contributed by atoms with Gasteiger partial charge in [-0.25, -0.2) is 4.79 Å². The minimum atomic E-state index is -0.518. The molecule has 1 unspecified atom stereocenters. The number of carbonyl (C=O) groups is 1. The maximum Gasteiger partial charge on any atom is 0.330 e. The molecule has 0 aliphatic rings. The third-order valence-corrected chi connectivity index (χ3v) is 7.24. The largest absolute Gasteiger partial charge is 0.858 e. The number of carbonyl (C=O) groups excluding carboxylic acids is 1. The summed E-state index contributed by atoms with van der Waals surface area (Å²) in [5, 5.41) is 20.4. The van der Waals surface area contributed by atoms with Crippen molar-refractivity contribution >= 4 is 46.7 Å². The fourth-order valence-corrected chi connectivity index (χ4v) is 5.18. The second-order valence-corrected chi connectivity index (χ2v) is 9.43. The maximum atomic E-state index is 13.3. The second-order valence-electron chi connectivity index (χ2n) is 7.19. The van der Waals surface area contributed by atoms with Crippen LogP contribution in [0.5, 0.6) is 5.88 Å². The molecule has 0 aliphatic carbocycles. The smallest absolute Gasteiger partial charge is 0.330 e. The molecule has 174 valence electrons. The monoisotopic (exact) mass is 511 g/mol. The van der Waals surface area contributed by atoms with Crippen LogP contribution in [0.2, 0.25) is 5.02 Å². The van der Waals surface area contributed by atoms with Crippen LogP contribution in [-0.4, -0.2) is 22.4 Å². The summed E-state index contributed by atoms with van der Waals surface area (Å²) < 4.78 is 6.26. The summed E-state index contributed by atoms with van der Waals surface area (Å²) in [6.45, 7) is 2.06. The highest BCUT2D eigenvalue weighted by Gasteiger charge is 2.21. The van der Waals surface area contributed by atoms with Crippen molar-refractivity contribution in [1.82, 2.24) is 9.78 Å². The predicted molar refractivity (Wildman–Crippen MR) is 134 cm³/mol. The Hall–Kier alpha value is -3.20. The summed E-state index contributed by atoms with van der Waals surface area (Å²) >= 11 is 8.79. The summed E-state index contributed by atoms with van der Waals surface area (Å²) in [6, 6.07) is 15.9. The normalized spacial score (nSPS) is 12.2. The zero-order valence-electron chi connectivity index (χ0n) is 18.1. The lowest BCUT2D eigenvalue weighted by molar-refractivity contribution is -0.284. The molecule has 0 aliphatic heterocycles. The Morgan fingerprint density at radius 2 is 1.97 bits per heavy atom. The van der Waals surface area contributed by atoms with Gasteiger partial charge in [0, 0.05) is 16.9 Å². The third kappa shape index (κ3) is 5.30. The Labute approximate surface area is 209 Å². The molecule has 2 heterocycles. The van der Waals surface area contributed by atoms with Crippen molar-refractivity contribution in [3.8, 4) is 5.88 Å². The van der Waals surface area contributed by atoms with E-state index in [-0.39, 0.29) is 4.90 Å². The van der Waals surface area contributed by atoms with Crippen LogP contribution < -0.4 is 10.7 Å². The van der Waals surface area contributed by atoms with Gasteiger partial charge in [-0.05, 0) is 58.6 Å². The van der Waals surface area contributed by atoms with E-state index in [0.29, 0.717) is 16.5 Å². The van der Waals surface area contributed by atoms with Crippen LogP contribution in [-0.2, 0) is 9.53 Å². The molecule has 0 radical (unpaired) electrons. The van der Waals surface area contributed by atoms with Crippen molar-refractivity contribution in [3.05, 3.63) is 104 Å². The van der Waals surface area contributed by atoms with Gasteiger partial charge >= 0.3 is 5.97 Å². The molecule has 2 aromatic carbocycles. The first-order valence-electron chi connectivity index (χ1n) is 10.4. The molecule has 9 heteroatoms. The average Bonchev–Trinajstić information content (AvgIpc) is 3.45. The van der Waals surface area contributed by atoms with Gasteiger partial charge < -0.3 is 9.84 Å². The van der Waals surface area contributed by atoms with E-state index >= 15 is 0 Å². The zero-order chi connectivity index (χ0) is 24.1. The summed E-state index contributed by atoms with van der Waals surface area (Å²) in [5.41, 5.74) is 2.02. The molecule has 0 saturated heterocycles. The van der Waals surface area contributed by atoms with Crippen LogP contribution in [0.15, 0.2) is 86.0 Å². The van der Waals surface area contributed by atoms with Crippen LogP contribution in [0.1, 0.15) is 29.7 Å². The number of hydrogen-bond acceptors (Lipinski definition) is 6. The number of rotatable bonds is 8. The predicted octanol–water partition coefficient (Wildman–Crippen LogP) is 5.33. The van der Waals surface area contributed by atoms with Gasteiger partial charge in [0.25, 0.3) is 5.56 Å². The third-order valence-electron chi connectivity index (χ3n) is 4.96. The lowest BCUT2D eigenvalue weighted by atomic mass is 10.00. The van der Waals surface area contributed by atoms with E-state index in [1.54, 1.807) is 37.3 Å². The van der Waals surface area contributed by atoms with Gasteiger partial charge in [-0.3, -0.25) is 14.6 Å². The van der Waals surface area contributed by atoms with Crippen LogP contribution in [0.4, 0.5) is 0 Å². The highest BCUT2D eigenvalue weighted by molar-refractivity contribution is 7.99. The van der Waals surface area contributed by atoms with Crippen LogP contribution in [0, 0.1) is 0 Å². The second kappa shape index (κ2) is 10.8. The zero-order valence-corrected chi connectivity index (χ0v) is 20.5. The number of esters is 1. The van der Waals surface area contributed by atoms with Crippen molar-refractivity contribution in [1.29, 1.82) is 0 Å². The maximum absolute atomic E-state index is 13.3. The van der Waals surface area contributed by atoms with E-state index in [2.05, 4.69) is 5.10 Å². The van der Waals surface area contributed by atoms with Gasteiger partial charge in [-0.15, -0.1) is 0 Å². The number of benzene rings is 2. The van der Waals surface area contributed by atoms with E-state index < -0.39 is 23.5 Å². The lowest BCUT2D eigenvalue weighted by Gasteiger charge is -2.23. The molecule has 4 rings (SSSR count). The molecular formula is C25H20ClN2O4S2-. The minimum Gasteiger partial charge on any atom is -0.858 e. The number of aromatic amines is 1. The number of nitrogens with one attached hydrogen (secondary N) is 1. The van der Waals surface area contributed by atoms with Crippen LogP contribution in [0.25, 0.3) is 6.08 Å². The molecule has 1 N–H and O–H groups in total. The van der Waals surface area contributed by atoms with Crippen molar-refractivity contribution in [2.24, 2.45) is 0 Å². The molecule has 0 saturated carbocycles. The summed E-state index contributed by atoms with van der Waals surface area (Å²) in [7, 11) is 0. The summed E-state index contributed by atoms with van der Waals surface area (Å²) in [6.07, 6.45) is 3.03. The van der Waals surface area contributed by atoms with Crippen molar-refractivity contribution in [2.75, 3.05) is 6.61 Å².